The molecule has 2 aliphatic heterocycles. The van der Waals surface area contributed by atoms with E-state index in [0.717, 1.165) is 18.7 Å². The maximum Gasteiger partial charge on any atom is 0.417 e. The van der Waals surface area contributed by atoms with Crippen LogP contribution in [0.5, 0.6) is 0 Å². The van der Waals surface area contributed by atoms with Crippen LogP contribution in [0.1, 0.15) is 24.8 Å². The lowest BCUT2D eigenvalue weighted by Gasteiger charge is -2.34. The molecule has 3 heterocycles. The van der Waals surface area contributed by atoms with E-state index in [4.69, 9.17) is 11.6 Å². The highest BCUT2D eigenvalue weighted by Crippen LogP contribution is 2.43. The maximum absolute atomic E-state index is 13.3. The van der Waals surface area contributed by atoms with E-state index in [-0.39, 0.29) is 5.91 Å². The van der Waals surface area contributed by atoms with E-state index in [2.05, 4.69) is 4.98 Å². The molecule has 142 valence electrons. The lowest BCUT2D eigenvalue weighted by Crippen LogP contribution is -2.51. The SMILES string of the molecule is O=C1N(c2ccccc2Cl)CCC12CCCN2c1ccc(C(F)(F)F)cn1. The van der Waals surface area contributed by atoms with Crippen molar-refractivity contribution in [1.82, 2.24) is 4.98 Å². The molecule has 1 aromatic heterocycles. The summed E-state index contributed by atoms with van der Waals surface area (Å²) in [4.78, 5) is 20.8. The van der Waals surface area contributed by atoms with E-state index in [1.165, 1.54) is 6.07 Å². The lowest BCUT2D eigenvalue weighted by molar-refractivity contribution is -0.137. The first-order valence-electron chi connectivity index (χ1n) is 8.70. The number of rotatable bonds is 2. The van der Waals surface area contributed by atoms with Crippen molar-refractivity contribution in [2.45, 2.75) is 31.0 Å². The third-order valence-electron chi connectivity index (χ3n) is 5.38. The first-order valence-corrected chi connectivity index (χ1v) is 9.08. The van der Waals surface area contributed by atoms with Gasteiger partial charge in [-0.1, -0.05) is 23.7 Å². The van der Waals surface area contributed by atoms with Crippen molar-refractivity contribution < 1.29 is 18.0 Å². The largest absolute Gasteiger partial charge is 0.417 e. The van der Waals surface area contributed by atoms with Crippen molar-refractivity contribution in [3.8, 4) is 0 Å². The Hall–Kier alpha value is -2.28. The van der Waals surface area contributed by atoms with Gasteiger partial charge < -0.3 is 9.80 Å². The van der Waals surface area contributed by atoms with Gasteiger partial charge in [0.05, 0.1) is 16.3 Å². The number of carbonyl (C=O) groups is 1. The Morgan fingerprint density at radius 3 is 2.52 bits per heavy atom. The third-order valence-corrected chi connectivity index (χ3v) is 5.70. The van der Waals surface area contributed by atoms with Gasteiger partial charge in [-0.05, 0) is 43.5 Å². The maximum atomic E-state index is 13.3. The van der Waals surface area contributed by atoms with Crippen molar-refractivity contribution in [2.24, 2.45) is 0 Å². The molecule has 2 fully saturated rings. The average Bonchev–Trinajstić information content (AvgIpc) is 3.21. The molecule has 0 N–H and O–H groups in total. The van der Waals surface area contributed by atoms with Crippen molar-refractivity contribution in [3.63, 3.8) is 0 Å². The number of hydrogen-bond acceptors (Lipinski definition) is 3. The number of amides is 1. The molecule has 4 rings (SSSR count). The molecule has 2 aromatic rings. The topological polar surface area (TPSA) is 36.4 Å². The Morgan fingerprint density at radius 2 is 1.85 bits per heavy atom. The van der Waals surface area contributed by atoms with Crippen LogP contribution in [0.2, 0.25) is 5.02 Å². The van der Waals surface area contributed by atoms with Gasteiger partial charge in [-0.15, -0.1) is 0 Å². The first-order chi connectivity index (χ1) is 12.8. The van der Waals surface area contributed by atoms with E-state index in [9.17, 15) is 18.0 Å². The molecule has 2 saturated heterocycles. The minimum absolute atomic E-state index is 0.0743. The van der Waals surface area contributed by atoms with Gasteiger partial charge in [0, 0.05) is 19.3 Å². The number of anilines is 2. The van der Waals surface area contributed by atoms with E-state index < -0.39 is 17.3 Å². The second-order valence-corrected chi connectivity index (χ2v) is 7.26. The summed E-state index contributed by atoms with van der Waals surface area (Å²) in [5.74, 6) is 0.324. The Bertz CT molecular complexity index is 871. The highest BCUT2D eigenvalue weighted by atomic mass is 35.5. The van der Waals surface area contributed by atoms with Crippen LogP contribution in [0.4, 0.5) is 24.7 Å². The number of hydrogen-bond donors (Lipinski definition) is 0. The minimum Gasteiger partial charge on any atom is -0.342 e. The number of halogens is 4. The van der Waals surface area contributed by atoms with Crippen LogP contribution in [-0.4, -0.2) is 29.5 Å². The normalized spacial score (nSPS) is 22.9. The highest BCUT2D eigenvalue weighted by molar-refractivity contribution is 6.34. The van der Waals surface area contributed by atoms with Crippen molar-refractivity contribution in [3.05, 3.63) is 53.2 Å². The second-order valence-electron chi connectivity index (χ2n) is 6.85. The van der Waals surface area contributed by atoms with Gasteiger partial charge >= 0.3 is 6.18 Å². The Kier molecular flexibility index (Phi) is 4.29. The summed E-state index contributed by atoms with van der Waals surface area (Å²) in [6, 6.07) is 9.52. The number of benzene rings is 1. The van der Waals surface area contributed by atoms with Gasteiger partial charge in [0.25, 0.3) is 5.91 Å². The number of carbonyl (C=O) groups excluding carboxylic acids is 1. The molecule has 27 heavy (non-hydrogen) atoms. The number of pyridine rings is 1. The fraction of sp³-hybridized carbons (Fsp3) is 0.368. The second kappa shape index (κ2) is 6.41. The number of para-hydroxylation sites is 1. The molecule has 2 aliphatic rings. The number of nitrogens with zero attached hydrogens (tertiary/aromatic N) is 3. The van der Waals surface area contributed by atoms with Crippen LogP contribution in [0.15, 0.2) is 42.6 Å². The first kappa shape index (κ1) is 18.1. The fourth-order valence-electron chi connectivity index (χ4n) is 4.07. The molecule has 1 aromatic carbocycles. The molecule has 0 saturated carbocycles. The van der Waals surface area contributed by atoms with Gasteiger partial charge in [-0.25, -0.2) is 4.98 Å². The predicted octanol–water partition coefficient (Wildman–Crippen LogP) is 4.53. The summed E-state index contributed by atoms with van der Waals surface area (Å²) in [6.45, 7) is 1.10. The molecule has 1 amide bonds. The molecule has 0 bridgehead atoms. The van der Waals surface area contributed by atoms with Gasteiger partial charge in [-0.2, -0.15) is 13.2 Å². The third kappa shape index (κ3) is 2.94. The van der Waals surface area contributed by atoms with Gasteiger partial charge in [-0.3, -0.25) is 4.79 Å². The van der Waals surface area contributed by atoms with Gasteiger partial charge in [0.2, 0.25) is 0 Å². The van der Waals surface area contributed by atoms with Crippen LogP contribution < -0.4 is 9.80 Å². The number of aromatic nitrogens is 1. The highest BCUT2D eigenvalue weighted by Gasteiger charge is 2.54. The molecule has 1 unspecified atom stereocenters. The molecular formula is C19H17ClF3N3O. The van der Waals surface area contributed by atoms with Gasteiger partial charge in [0.15, 0.2) is 0 Å². The monoisotopic (exact) mass is 395 g/mol. The zero-order valence-electron chi connectivity index (χ0n) is 14.3. The molecule has 1 spiro atoms. The molecule has 1 atom stereocenters. The lowest BCUT2D eigenvalue weighted by atomic mass is 9.94. The van der Waals surface area contributed by atoms with Gasteiger partial charge in [0.1, 0.15) is 11.4 Å². The summed E-state index contributed by atoms with van der Waals surface area (Å²) in [5, 5.41) is 0.500. The van der Waals surface area contributed by atoms with E-state index in [0.29, 0.717) is 42.5 Å². The van der Waals surface area contributed by atoms with E-state index >= 15 is 0 Å². The fourth-order valence-corrected chi connectivity index (χ4v) is 4.30. The summed E-state index contributed by atoms with van der Waals surface area (Å²) in [5.41, 5.74) is -0.908. The summed E-state index contributed by atoms with van der Waals surface area (Å²) in [6.07, 6.45) is -1.59. The molecule has 8 heteroatoms. The van der Waals surface area contributed by atoms with Crippen molar-refractivity contribution in [1.29, 1.82) is 0 Å². The van der Waals surface area contributed by atoms with Crippen LogP contribution >= 0.6 is 11.6 Å². The smallest absolute Gasteiger partial charge is 0.342 e. The van der Waals surface area contributed by atoms with Crippen molar-refractivity contribution in [2.75, 3.05) is 22.9 Å². The van der Waals surface area contributed by atoms with Crippen LogP contribution in [0.25, 0.3) is 0 Å². The van der Waals surface area contributed by atoms with Crippen LogP contribution in [0.3, 0.4) is 0 Å². The summed E-state index contributed by atoms with van der Waals surface area (Å²) < 4.78 is 38.4. The van der Waals surface area contributed by atoms with Crippen LogP contribution in [-0.2, 0) is 11.0 Å². The summed E-state index contributed by atoms with van der Waals surface area (Å²) >= 11 is 6.25. The zero-order chi connectivity index (χ0) is 19.2. The Balaban J connectivity index is 1.65. The van der Waals surface area contributed by atoms with E-state index in [1.54, 1.807) is 23.1 Å². The average molecular weight is 396 g/mol. The predicted molar refractivity (Wildman–Crippen MR) is 97.0 cm³/mol. The molecular weight excluding hydrogens is 379 g/mol. The molecule has 0 radical (unpaired) electrons. The quantitative estimate of drug-likeness (QED) is 0.749. The molecule has 4 nitrogen and oxygen atoms in total. The zero-order valence-corrected chi connectivity index (χ0v) is 15.1. The Labute approximate surface area is 159 Å². The standard InChI is InChI=1S/C19H17ClF3N3O/c20-14-4-1-2-5-15(14)25-11-9-18(17(25)27)8-3-10-26(18)16-7-6-13(12-24-16)19(21,22)23/h1-2,4-7,12H,3,8-11H2. The number of alkyl halides is 3. The minimum atomic E-state index is -4.43. The van der Waals surface area contributed by atoms with Crippen molar-refractivity contribution >= 4 is 29.0 Å². The Morgan fingerprint density at radius 1 is 1.07 bits per heavy atom. The van der Waals surface area contributed by atoms with E-state index in [1.807, 2.05) is 11.0 Å². The van der Waals surface area contributed by atoms with Crippen LogP contribution in [0, 0.1) is 0 Å². The molecule has 0 aliphatic carbocycles. The summed E-state index contributed by atoms with van der Waals surface area (Å²) in [7, 11) is 0.